The van der Waals surface area contributed by atoms with E-state index in [1.807, 2.05) is 6.07 Å². The lowest BCUT2D eigenvalue weighted by Gasteiger charge is -2.07. The Morgan fingerprint density at radius 3 is 2.62 bits per heavy atom. The lowest BCUT2D eigenvalue weighted by Crippen LogP contribution is -2.26. The number of hydrogen-bond donors (Lipinski definition) is 1. The number of rotatable bonds is 7. The molecule has 7 nitrogen and oxygen atoms in total. The first-order valence-corrected chi connectivity index (χ1v) is 9.81. The molecule has 0 atom stereocenters. The fourth-order valence-corrected chi connectivity index (χ4v) is 3.40. The summed E-state index contributed by atoms with van der Waals surface area (Å²) in [6.45, 7) is 0.169. The zero-order chi connectivity index (χ0) is 20.9. The lowest BCUT2D eigenvalue weighted by atomic mass is 10.2. The number of alkyl halides is 3. The van der Waals surface area contributed by atoms with Crippen molar-refractivity contribution < 1.29 is 26.1 Å². The number of halogens is 3. The van der Waals surface area contributed by atoms with Gasteiger partial charge in [0.05, 0.1) is 4.90 Å². The van der Waals surface area contributed by atoms with Gasteiger partial charge in [0, 0.05) is 24.9 Å². The molecule has 29 heavy (non-hydrogen) atoms. The van der Waals surface area contributed by atoms with Gasteiger partial charge < -0.3 is 4.52 Å². The Bertz CT molecular complexity index is 1100. The summed E-state index contributed by atoms with van der Waals surface area (Å²) in [6, 6.07) is 11.3. The number of pyridine rings is 1. The van der Waals surface area contributed by atoms with Crippen molar-refractivity contribution in [3.63, 3.8) is 0 Å². The van der Waals surface area contributed by atoms with Gasteiger partial charge in [-0.1, -0.05) is 29.4 Å². The summed E-state index contributed by atoms with van der Waals surface area (Å²) in [5.41, 5.74) is 1.20. The molecule has 0 spiro atoms. The van der Waals surface area contributed by atoms with Gasteiger partial charge in [-0.05, 0) is 35.9 Å². The van der Waals surface area contributed by atoms with Crippen molar-refractivity contribution >= 4 is 22.2 Å². The summed E-state index contributed by atoms with van der Waals surface area (Å²) >= 11 is 0. The molecule has 0 aliphatic carbocycles. The van der Waals surface area contributed by atoms with Crippen LogP contribution in [0.1, 0.15) is 23.0 Å². The highest BCUT2D eigenvalue weighted by Gasteiger charge is 2.38. The van der Waals surface area contributed by atoms with Gasteiger partial charge in [0.15, 0.2) is 5.82 Å². The van der Waals surface area contributed by atoms with E-state index in [0.29, 0.717) is 12.0 Å². The van der Waals surface area contributed by atoms with Gasteiger partial charge in [-0.25, -0.2) is 13.1 Å². The molecule has 3 rings (SSSR count). The second-order valence-corrected chi connectivity index (χ2v) is 7.60. The molecule has 0 fully saturated rings. The van der Waals surface area contributed by atoms with E-state index in [2.05, 4.69) is 24.4 Å². The Labute approximate surface area is 164 Å². The highest BCUT2D eigenvalue weighted by molar-refractivity contribution is 7.89. The van der Waals surface area contributed by atoms with Gasteiger partial charge >= 0.3 is 12.1 Å². The zero-order valence-electron chi connectivity index (χ0n) is 14.8. The van der Waals surface area contributed by atoms with E-state index in [4.69, 9.17) is 0 Å². The van der Waals surface area contributed by atoms with Crippen LogP contribution in [0, 0.1) is 0 Å². The van der Waals surface area contributed by atoms with Gasteiger partial charge in [0.1, 0.15) is 0 Å². The lowest BCUT2D eigenvalue weighted by molar-refractivity contribution is -0.159. The summed E-state index contributed by atoms with van der Waals surface area (Å²) < 4.78 is 68.9. The summed E-state index contributed by atoms with van der Waals surface area (Å²) in [5, 5.41) is 3.21. The number of nitrogens with zero attached hydrogens (tertiary/aromatic N) is 3. The highest BCUT2D eigenvalue weighted by atomic mass is 32.2. The van der Waals surface area contributed by atoms with Gasteiger partial charge in [-0.3, -0.25) is 4.98 Å². The molecule has 3 aromatic rings. The standard InChI is InChI=1S/C18H15F3N4O3S/c19-18(20,21)17-24-16(25-28-17)8-7-13-4-3-6-15(12-13)29(26,27)23-11-9-14-5-1-2-10-22-14/h1-8,10,12,23H,9,11H2/b8-7+. The fourth-order valence-electron chi connectivity index (χ4n) is 2.32. The summed E-state index contributed by atoms with van der Waals surface area (Å²) in [6.07, 6.45) is -0.0923. The predicted molar refractivity (Wildman–Crippen MR) is 97.8 cm³/mol. The van der Waals surface area contributed by atoms with E-state index in [1.165, 1.54) is 30.4 Å². The third-order valence-corrected chi connectivity index (χ3v) is 5.14. The molecule has 2 aromatic heterocycles. The minimum atomic E-state index is -4.73. The van der Waals surface area contributed by atoms with Crippen LogP contribution < -0.4 is 4.72 Å². The second kappa shape index (κ2) is 8.53. The van der Waals surface area contributed by atoms with Crippen molar-refractivity contribution in [3.8, 4) is 0 Å². The summed E-state index contributed by atoms with van der Waals surface area (Å²) in [5.74, 6) is -1.73. The van der Waals surface area contributed by atoms with Crippen molar-refractivity contribution in [1.82, 2.24) is 19.8 Å². The first-order chi connectivity index (χ1) is 13.7. The van der Waals surface area contributed by atoms with E-state index in [0.717, 1.165) is 5.69 Å². The maximum Gasteiger partial charge on any atom is 0.471 e. The fraction of sp³-hybridized carbons (Fsp3) is 0.167. The van der Waals surface area contributed by atoms with Gasteiger partial charge in [0.2, 0.25) is 10.0 Å². The molecule has 0 unspecified atom stereocenters. The largest absolute Gasteiger partial charge is 0.471 e. The van der Waals surface area contributed by atoms with Crippen LogP contribution in [0.5, 0.6) is 0 Å². The molecule has 0 radical (unpaired) electrons. The molecule has 1 N–H and O–H groups in total. The topological polar surface area (TPSA) is 98.0 Å². The zero-order valence-corrected chi connectivity index (χ0v) is 15.6. The van der Waals surface area contributed by atoms with Crippen LogP contribution in [-0.2, 0) is 22.6 Å². The minimum absolute atomic E-state index is 0.0183. The number of benzene rings is 1. The second-order valence-electron chi connectivity index (χ2n) is 5.83. The monoisotopic (exact) mass is 424 g/mol. The third-order valence-electron chi connectivity index (χ3n) is 3.68. The van der Waals surface area contributed by atoms with Crippen molar-refractivity contribution in [2.75, 3.05) is 6.54 Å². The van der Waals surface area contributed by atoms with Crippen molar-refractivity contribution in [1.29, 1.82) is 0 Å². The molecule has 0 saturated heterocycles. The summed E-state index contributed by atoms with van der Waals surface area (Å²) in [4.78, 5) is 7.35. The summed E-state index contributed by atoms with van der Waals surface area (Å²) in [7, 11) is -3.76. The van der Waals surface area contributed by atoms with Crippen LogP contribution in [0.3, 0.4) is 0 Å². The SMILES string of the molecule is O=S(=O)(NCCc1ccccn1)c1cccc(/C=C/c2noc(C(F)(F)F)n2)c1. The molecule has 0 saturated carbocycles. The Hall–Kier alpha value is -3.05. The van der Waals surface area contributed by atoms with Crippen LogP contribution in [0.2, 0.25) is 0 Å². The van der Waals surface area contributed by atoms with Gasteiger partial charge in [-0.2, -0.15) is 18.2 Å². The predicted octanol–water partition coefficient (Wildman–Crippen LogP) is 3.17. The van der Waals surface area contributed by atoms with E-state index < -0.39 is 22.1 Å². The quantitative estimate of drug-likeness (QED) is 0.626. The van der Waals surface area contributed by atoms with Crippen molar-refractivity contribution in [3.05, 3.63) is 71.6 Å². The Morgan fingerprint density at radius 2 is 1.93 bits per heavy atom. The van der Waals surface area contributed by atoms with Crippen LogP contribution in [0.4, 0.5) is 13.2 Å². The molecule has 0 amide bonds. The minimum Gasteiger partial charge on any atom is -0.329 e. The first kappa shape index (κ1) is 20.7. The molecule has 0 bridgehead atoms. The van der Waals surface area contributed by atoms with E-state index in [9.17, 15) is 21.6 Å². The molecule has 2 heterocycles. The highest BCUT2D eigenvalue weighted by Crippen LogP contribution is 2.27. The number of aromatic nitrogens is 3. The van der Waals surface area contributed by atoms with E-state index in [-0.39, 0.29) is 17.3 Å². The van der Waals surface area contributed by atoms with Gasteiger partial charge in [-0.15, -0.1) is 0 Å². The Morgan fingerprint density at radius 1 is 1.10 bits per heavy atom. The molecular formula is C18H15F3N4O3S. The molecule has 0 aliphatic rings. The molecule has 11 heteroatoms. The van der Waals surface area contributed by atoms with E-state index >= 15 is 0 Å². The number of nitrogens with one attached hydrogen (secondary N) is 1. The normalized spacial score (nSPS) is 12.5. The molecule has 152 valence electrons. The molecular weight excluding hydrogens is 409 g/mol. The smallest absolute Gasteiger partial charge is 0.329 e. The third kappa shape index (κ3) is 5.72. The molecule has 0 aliphatic heterocycles. The first-order valence-electron chi connectivity index (χ1n) is 8.33. The number of sulfonamides is 1. The molecule has 1 aromatic carbocycles. The maximum atomic E-state index is 12.5. The average molecular weight is 424 g/mol. The van der Waals surface area contributed by atoms with E-state index in [1.54, 1.807) is 24.4 Å². The van der Waals surface area contributed by atoms with Crippen LogP contribution in [0.15, 0.2) is 58.1 Å². The Kier molecular flexibility index (Phi) is 6.09. The number of hydrogen-bond acceptors (Lipinski definition) is 6. The van der Waals surface area contributed by atoms with Crippen molar-refractivity contribution in [2.24, 2.45) is 0 Å². The Balaban J connectivity index is 1.67. The average Bonchev–Trinajstić information content (AvgIpc) is 3.17. The maximum absolute atomic E-state index is 12.5. The van der Waals surface area contributed by atoms with Crippen LogP contribution in [0.25, 0.3) is 12.2 Å². The van der Waals surface area contributed by atoms with Crippen LogP contribution in [-0.4, -0.2) is 30.1 Å². The van der Waals surface area contributed by atoms with Gasteiger partial charge in [0.25, 0.3) is 0 Å². The van der Waals surface area contributed by atoms with Crippen LogP contribution >= 0.6 is 0 Å². The van der Waals surface area contributed by atoms with Crippen molar-refractivity contribution in [2.45, 2.75) is 17.5 Å².